The second-order valence-corrected chi connectivity index (χ2v) is 6.77. The number of aryl methyl sites for hydroxylation is 1. The molecule has 1 N–H and O–H groups in total. The van der Waals surface area contributed by atoms with E-state index in [0.717, 1.165) is 30.6 Å². The van der Waals surface area contributed by atoms with Crippen LogP contribution in [0, 0.1) is 12.8 Å². The van der Waals surface area contributed by atoms with Gasteiger partial charge in [-0.25, -0.2) is 0 Å². The average molecular weight is 259 g/mol. The second-order valence-electron chi connectivity index (χ2n) is 6.77. The van der Waals surface area contributed by atoms with E-state index in [4.69, 9.17) is 0 Å². The van der Waals surface area contributed by atoms with Gasteiger partial charge in [-0.3, -0.25) is 4.79 Å². The third kappa shape index (κ3) is 3.44. The summed E-state index contributed by atoms with van der Waals surface area (Å²) < 4.78 is 0. The van der Waals surface area contributed by atoms with Crippen LogP contribution in [0.4, 0.5) is 0 Å². The Morgan fingerprint density at radius 2 is 2.11 bits per heavy atom. The van der Waals surface area contributed by atoms with Crippen molar-refractivity contribution >= 4 is 5.78 Å². The second kappa shape index (κ2) is 5.46. The van der Waals surface area contributed by atoms with Gasteiger partial charge in [0.15, 0.2) is 5.78 Å². The van der Waals surface area contributed by atoms with Crippen molar-refractivity contribution in [1.82, 2.24) is 5.32 Å². The molecule has 1 aliphatic heterocycles. The van der Waals surface area contributed by atoms with Crippen LogP contribution in [-0.4, -0.2) is 18.9 Å². The maximum absolute atomic E-state index is 12.5. The Labute approximate surface area is 116 Å². The Balaban J connectivity index is 2.20. The summed E-state index contributed by atoms with van der Waals surface area (Å²) in [6.45, 7) is 10.6. The highest BCUT2D eigenvalue weighted by atomic mass is 16.1. The molecular weight excluding hydrogens is 234 g/mol. The normalized spacial score (nSPS) is 19.7. The summed E-state index contributed by atoms with van der Waals surface area (Å²) in [6.07, 6.45) is 1.81. The number of hydrogen-bond acceptors (Lipinski definition) is 2. The molecule has 2 rings (SSSR count). The molecule has 1 heterocycles. The molecule has 0 saturated carbocycles. The minimum atomic E-state index is 0.0949. The fraction of sp³-hybridized carbons (Fsp3) is 0.588. The Morgan fingerprint density at radius 1 is 1.37 bits per heavy atom. The van der Waals surface area contributed by atoms with E-state index in [1.165, 1.54) is 5.56 Å². The predicted octanol–water partition coefficient (Wildman–Crippen LogP) is 3.47. The summed E-state index contributed by atoms with van der Waals surface area (Å²) in [5, 5.41) is 3.33. The van der Waals surface area contributed by atoms with Crippen molar-refractivity contribution in [3.63, 3.8) is 0 Å². The molecule has 1 aliphatic rings. The van der Waals surface area contributed by atoms with Gasteiger partial charge in [0, 0.05) is 12.0 Å². The smallest absolute Gasteiger partial charge is 0.163 e. The van der Waals surface area contributed by atoms with Gasteiger partial charge in [0.25, 0.3) is 0 Å². The molecule has 0 spiro atoms. The molecule has 1 unspecified atom stereocenters. The van der Waals surface area contributed by atoms with Gasteiger partial charge in [-0.15, -0.1) is 0 Å². The molecule has 0 radical (unpaired) electrons. The highest BCUT2D eigenvalue weighted by Crippen LogP contribution is 2.26. The van der Waals surface area contributed by atoms with Crippen molar-refractivity contribution in [1.29, 1.82) is 0 Å². The molecule has 0 aromatic heterocycles. The lowest BCUT2D eigenvalue weighted by molar-refractivity contribution is 0.0964. The first kappa shape index (κ1) is 14.3. The van der Waals surface area contributed by atoms with Crippen LogP contribution in [0.1, 0.15) is 55.1 Å². The van der Waals surface area contributed by atoms with Crippen molar-refractivity contribution in [3.05, 3.63) is 34.9 Å². The summed E-state index contributed by atoms with van der Waals surface area (Å²) in [7, 11) is 0. The highest BCUT2D eigenvalue weighted by molar-refractivity contribution is 5.97. The van der Waals surface area contributed by atoms with Gasteiger partial charge in [-0.05, 0) is 55.0 Å². The molecule has 1 aromatic carbocycles. The van der Waals surface area contributed by atoms with Crippen molar-refractivity contribution in [2.45, 2.75) is 46.0 Å². The fourth-order valence-corrected chi connectivity index (χ4v) is 2.65. The molecule has 1 fully saturated rings. The third-order valence-electron chi connectivity index (χ3n) is 4.04. The number of benzene rings is 1. The van der Waals surface area contributed by atoms with Crippen molar-refractivity contribution < 1.29 is 4.79 Å². The van der Waals surface area contributed by atoms with Gasteiger partial charge in [-0.1, -0.05) is 32.9 Å². The number of nitrogens with one attached hydrogen (secondary N) is 1. The maximum Gasteiger partial charge on any atom is 0.163 e. The Morgan fingerprint density at radius 3 is 2.68 bits per heavy atom. The zero-order valence-corrected chi connectivity index (χ0v) is 12.5. The lowest BCUT2D eigenvalue weighted by Gasteiger charge is -2.20. The Hall–Kier alpha value is -1.15. The first-order valence-corrected chi connectivity index (χ1v) is 7.23. The van der Waals surface area contributed by atoms with Crippen LogP contribution in [0.15, 0.2) is 18.2 Å². The quantitative estimate of drug-likeness (QED) is 0.842. The van der Waals surface area contributed by atoms with Crippen LogP contribution in [0.2, 0.25) is 0 Å². The van der Waals surface area contributed by atoms with Gasteiger partial charge in [0.05, 0.1) is 0 Å². The average Bonchev–Trinajstić information content (AvgIpc) is 2.80. The van der Waals surface area contributed by atoms with E-state index in [9.17, 15) is 4.79 Å². The van der Waals surface area contributed by atoms with E-state index in [2.05, 4.69) is 44.3 Å². The number of rotatable bonds is 3. The molecule has 1 aromatic rings. The summed E-state index contributed by atoms with van der Waals surface area (Å²) in [5.41, 5.74) is 3.35. The van der Waals surface area contributed by atoms with Crippen LogP contribution in [-0.2, 0) is 5.41 Å². The summed E-state index contributed by atoms with van der Waals surface area (Å²) >= 11 is 0. The number of carbonyl (C=O) groups is 1. The molecule has 2 nitrogen and oxygen atoms in total. The molecule has 2 heteroatoms. The largest absolute Gasteiger partial charge is 0.316 e. The monoisotopic (exact) mass is 259 g/mol. The zero-order valence-electron chi connectivity index (χ0n) is 12.5. The summed E-state index contributed by atoms with van der Waals surface area (Å²) in [4.78, 5) is 12.5. The lowest BCUT2D eigenvalue weighted by Crippen LogP contribution is -2.16. The predicted molar refractivity (Wildman–Crippen MR) is 79.8 cm³/mol. The minimum absolute atomic E-state index is 0.0949. The first-order chi connectivity index (χ1) is 8.88. The number of Topliss-reactive ketones (excluding diaryl/α,β-unsaturated/α-hetero) is 1. The van der Waals surface area contributed by atoms with E-state index in [1.54, 1.807) is 0 Å². The molecule has 0 bridgehead atoms. The summed E-state index contributed by atoms with van der Waals surface area (Å²) in [5.74, 6) is 0.822. The van der Waals surface area contributed by atoms with Crippen LogP contribution < -0.4 is 5.32 Å². The van der Waals surface area contributed by atoms with Crippen molar-refractivity contribution in [3.8, 4) is 0 Å². The molecule has 0 aliphatic carbocycles. The van der Waals surface area contributed by atoms with Crippen LogP contribution in [0.5, 0.6) is 0 Å². The minimum Gasteiger partial charge on any atom is -0.316 e. The molecule has 0 amide bonds. The zero-order chi connectivity index (χ0) is 14.0. The van der Waals surface area contributed by atoms with E-state index < -0.39 is 0 Å². The topological polar surface area (TPSA) is 29.1 Å². The number of carbonyl (C=O) groups excluding carboxylic acids is 1. The van der Waals surface area contributed by atoms with E-state index in [1.807, 2.05) is 6.92 Å². The van der Waals surface area contributed by atoms with Crippen LogP contribution >= 0.6 is 0 Å². The van der Waals surface area contributed by atoms with Gasteiger partial charge in [0.1, 0.15) is 0 Å². The van der Waals surface area contributed by atoms with Crippen molar-refractivity contribution in [2.24, 2.45) is 5.92 Å². The molecular formula is C17H25NO. The number of hydrogen-bond donors (Lipinski definition) is 1. The van der Waals surface area contributed by atoms with Gasteiger partial charge in [0.2, 0.25) is 0 Å². The standard InChI is InChI=1S/C17H25NO/c1-12-5-6-14(17(2,3)4)10-15(12)16(19)9-13-7-8-18-11-13/h5-6,10,13,18H,7-9,11H2,1-4H3. The highest BCUT2D eigenvalue weighted by Gasteiger charge is 2.21. The van der Waals surface area contributed by atoms with Crippen LogP contribution in [0.3, 0.4) is 0 Å². The van der Waals surface area contributed by atoms with Gasteiger partial charge >= 0.3 is 0 Å². The SMILES string of the molecule is Cc1ccc(C(C)(C)C)cc1C(=O)CC1CCNC1. The lowest BCUT2D eigenvalue weighted by atomic mass is 9.84. The maximum atomic E-state index is 12.5. The summed E-state index contributed by atoms with van der Waals surface area (Å²) in [6, 6.07) is 6.32. The number of ketones is 1. The van der Waals surface area contributed by atoms with Crippen LogP contribution in [0.25, 0.3) is 0 Å². The third-order valence-corrected chi connectivity index (χ3v) is 4.04. The van der Waals surface area contributed by atoms with Crippen molar-refractivity contribution in [2.75, 3.05) is 13.1 Å². The van der Waals surface area contributed by atoms with E-state index in [0.29, 0.717) is 18.1 Å². The van der Waals surface area contributed by atoms with E-state index >= 15 is 0 Å². The molecule has 1 saturated heterocycles. The first-order valence-electron chi connectivity index (χ1n) is 7.23. The van der Waals surface area contributed by atoms with Gasteiger partial charge < -0.3 is 5.32 Å². The Kier molecular flexibility index (Phi) is 4.10. The molecule has 1 atom stereocenters. The fourth-order valence-electron chi connectivity index (χ4n) is 2.65. The Bertz CT molecular complexity index is 465. The molecule has 104 valence electrons. The van der Waals surface area contributed by atoms with E-state index in [-0.39, 0.29) is 5.41 Å². The van der Waals surface area contributed by atoms with Gasteiger partial charge in [-0.2, -0.15) is 0 Å². The molecule has 19 heavy (non-hydrogen) atoms.